The first kappa shape index (κ1) is 14.2. The zero-order valence-electron chi connectivity index (χ0n) is 11.2. The van der Waals surface area contributed by atoms with Crippen molar-refractivity contribution in [3.8, 4) is 5.75 Å². The molecule has 104 valence electrons. The molecular weight excluding hydrogens is 266 g/mol. The highest BCUT2D eigenvalue weighted by Crippen LogP contribution is 2.27. The topological polar surface area (TPSA) is 47.6 Å². The number of carbonyl (C=O) groups excluding carboxylic acids is 1. The summed E-state index contributed by atoms with van der Waals surface area (Å²) in [6.07, 6.45) is 1.04. The molecule has 2 rings (SSSR count). The van der Waals surface area contributed by atoms with E-state index in [9.17, 15) is 4.79 Å². The van der Waals surface area contributed by atoms with Crippen LogP contribution in [-0.2, 0) is 16.0 Å². The quantitative estimate of drug-likeness (QED) is 0.921. The van der Waals surface area contributed by atoms with Crippen LogP contribution in [0.2, 0.25) is 5.02 Å². The highest BCUT2D eigenvalue weighted by Gasteiger charge is 2.31. The van der Waals surface area contributed by atoms with Crippen LogP contribution < -0.4 is 10.1 Å². The van der Waals surface area contributed by atoms with E-state index in [2.05, 4.69) is 5.32 Å². The summed E-state index contributed by atoms with van der Waals surface area (Å²) < 4.78 is 10.5. The molecule has 0 bridgehead atoms. The predicted octanol–water partition coefficient (Wildman–Crippen LogP) is 2.19. The molecule has 0 aliphatic carbocycles. The van der Waals surface area contributed by atoms with Crippen molar-refractivity contribution in [1.29, 1.82) is 0 Å². The molecule has 1 atom stereocenters. The third-order valence-corrected chi connectivity index (χ3v) is 3.65. The molecular formula is C14H18ClNO3. The molecule has 1 aromatic rings. The Morgan fingerprint density at radius 2 is 2.37 bits per heavy atom. The third kappa shape index (κ3) is 3.39. The molecule has 1 fully saturated rings. The molecule has 4 nitrogen and oxygen atoms in total. The van der Waals surface area contributed by atoms with Gasteiger partial charge in [-0.25, -0.2) is 0 Å². The smallest absolute Gasteiger partial charge is 0.225 e. The summed E-state index contributed by atoms with van der Waals surface area (Å²) >= 11 is 6.12. The summed E-state index contributed by atoms with van der Waals surface area (Å²) in [5.74, 6) is 0.565. The number of amides is 1. The largest absolute Gasteiger partial charge is 0.496 e. The van der Waals surface area contributed by atoms with Gasteiger partial charge in [-0.15, -0.1) is 0 Å². The Morgan fingerprint density at radius 3 is 3.00 bits per heavy atom. The zero-order valence-corrected chi connectivity index (χ0v) is 11.9. The van der Waals surface area contributed by atoms with Crippen molar-refractivity contribution in [1.82, 2.24) is 5.32 Å². The fourth-order valence-electron chi connectivity index (χ4n) is 2.21. The fourth-order valence-corrected chi connectivity index (χ4v) is 2.44. The second kappa shape index (κ2) is 5.80. The molecule has 1 amide bonds. The van der Waals surface area contributed by atoms with Gasteiger partial charge in [0.05, 0.1) is 25.7 Å². The summed E-state index contributed by atoms with van der Waals surface area (Å²) in [6, 6.07) is 5.36. The highest BCUT2D eigenvalue weighted by atomic mass is 35.5. The van der Waals surface area contributed by atoms with Crippen molar-refractivity contribution < 1.29 is 14.3 Å². The molecule has 1 saturated heterocycles. The first-order valence-electron chi connectivity index (χ1n) is 6.24. The van der Waals surface area contributed by atoms with Gasteiger partial charge in [0.2, 0.25) is 5.91 Å². The van der Waals surface area contributed by atoms with Gasteiger partial charge in [-0.1, -0.05) is 17.7 Å². The van der Waals surface area contributed by atoms with Crippen LogP contribution in [0, 0.1) is 0 Å². The summed E-state index contributed by atoms with van der Waals surface area (Å²) in [5, 5.41) is 3.55. The van der Waals surface area contributed by atoms with Crippen molar-refractivity contribution in [2.75, 3.05) is 20.3 Å². The number of benzene rings is 1. The Hall–Kier alpha value is -1.26. The van der Waals surface area contributed by atoms with Gasteiger partial charge in [0, 0.05) is 17.2 Å². The molecule has 19 heavy (non-hydrogen) atoms. The molecule has 1 aromatic carbocycles. The van der Waals surface area contributed by atoms with Crippen LogP contribution in [0.25, 0.3) is 0 Å². The first-order chi connectivity index (χ1) is 9.04. The number of carbonyl (C=O) groups is 1. The molecule has 0 spiro atoms. The number of methoxy groups -OCH3 is 1. The predicted molar refractivity (Wildman–Crippen MR) is 73.7 cm³/mol. The molecule has 1 N–H and O–H groups in total. The molecule has 0 aromatic heterocycles. The molecule has 0 radical (unpaired) electrons. The Kier molecular flexibility index (Phi) is 4.32. The SMILES string of the molecule is COc1cccc(Cl)c1CC(=O)N[C@]1(C)CCOC1. The summed E-state index contributed by atoms with van der Waals surface area (Å²) in [5.41, 5.74) is 0.442. The van der Waals surface area contributed by atoms with E-state index in [0.29, 0.717) is 29.5 Å². The number of nitrogens with one attached hydrogen (secondary N) is 1. The molecule has 1 heterocycles. The minimum Gasteiger partial charge on any atom is -0.496 e. The summed E-state index contributed by atoms with van der Waals surface area (Å²) in [7, 11) is 1.57. The van der Waals surface area contributed by atoms with Crippen LogP contribution in [0.3, 0.4) is 0 Å². The zero-order chi connectivity index (χ0) is 13.9. The molecule has 1 aliphatic rings. The maximum atomic E-state index is 12.1. The van der Waals surface area contributed by atoms with Crippen LogP contribution in [0.1, 0.15) is 18.9 Å². The van der Waals surface area contributed by atoms with Crippen LogP contribution in [-0.4, -0.2) is 31.8 Å². The van der Waals surface area contributed by atoms with Crippen molar-refractivity contribution in [3.05, 3.63) is 28.8 Å². The maximum Gasteiger partial charge on any atom is 0.225 e. The van der Waals surface area contributed by atoms with Crippen LogP contribution in [0.5, 0.6) is 5.75 Å². The van der Waals surface area contributed by atoms with E-state index < -0.39 is 0 Å². The van der Waals surface area contributed by atoms with Gasteiger partial charge >= 0.3 is 0 Å². The highest BCUT2D eigenvalue weighted by molar-refractivity contribution is 6.31. The van der Waals surface area contributed by atoms with E-state index in [-0.39, 0.29) is 17.9 Å². The Bertz CT molecular complexity index is 470. The van der Waals surface area contributed by atoms with Crippen molar-refractivity contribution in [2.45, 2.75) is 25.3 Å². The molecule has 1 aliphatic heterocycles. The van der Waals surface area contributed by atoms with Gasteiger partial charge < -0.3 is 14.8 Å². The molecule has 0 unspecified atom stereocenters. The van der Waals surface area contributed by atoms with Crippen LogP contribution in [0.15, 0.2) is 18.2 Å². The lowest BCUT2D eigenvalue weighted by atomic mass is 10.0. The van der Waals surface area contributed by atoms with Gasteiger partial charge in [0.25, 0.3) is 0 Å². The number of hydrogen-bond acceptors (Lipinski definition) is 3. The lowest BCUT2D eigenvalue weighted by Gasteiger charge is -2.23. The van der Waals surface area contributed by atoms with Gasteiger partial charge in [0.15, 0.2) is 0 Å². The van der Waals surface area contributed by atoms with Crippen molar-refractivity contribution in [2.24, 2.45) is 0 Å². The lowest BCUT2D eigenvalue weighted by Crippen LogP contribution is -2.47. The average Bonchev–Trinajstić information content (AvgIpc) is 2.78. The van der Waals surface area contributed by atoms with E-state index in [1.807, 2.05) is 6.92 Å². The number of halogens is 1. The van der Waals surface area contributed by atoms with Crippen LogP contribution in [0.4, 0.5) is 0 Å². The molecule has 0 saturated carbocycles. The van der Waals surface area contributed by atoms with Gasteiger partial charge in [0.1, 0.15) is 5.75 Å². The Labute approximate surface area is 118 Å². The fraction of sp³-hybridized carbons (Fsp3) is 0.500. The van der Waals surface area contributed by atoms with E-state index in [1.165, 1.54) is 0 Å². The maximum absolute atomic E-state index is 12.1. The van der Waals surface area contributed by atoms with E-state index in [4.69, 9.17) is 21.1 Å². The van der Waals surface area contributed by atoms with E-state index >= 15 is 0 Å². The minimum absolute atomic E-state index is 0.0700. The number of rotatable bonds is 4. The third-order valence-electron chi connectivity index (χ3n) is 3.29. The summed E-state index contributed by atoms with van der Waals surface area (Å²) in [6.45, 7) is 3.23. The van der Waals surface area contributed by atoms with E-state index in [1.54, 1.807) is 25.3 Å². The second-order valence-corrected chi connectivity index (χ2v) is 5.42. The Balaban J connectivity index is 2.06. The monoisotopic (exact) mass is 283 g/mol. The lowest BCUT2D eigenvalue weighted by molar-refractivity contribution is -0.122. The summed E-state index contributed by atoms with van der Waals surface area (Å²) in [4.78, 5) is 12.1. The average molecular weight is 284 g/mol. The minimum atomic E-state index is -0.272. The van der Waals surface area contributed by atoms with Gasteiger partial charge in [-0.2, -0.15) is 0 Å². The standard InChI is InChI=1S/C14H18ClNO3/c1-14(6-7-19-9-14)16-13(17)8-10-11(15)4-3-5-12(10)18-2/h3-5H,6-9H2,1-2H3,(H,16,17)/t14-/m1/s1. The number of hydrogen-bond donors (Lipinski definition) is 1. The van der Waals surface area contributed by atoms with E-state index in [0.717, 1.165) is 6.42 Å². The van der Waals surface area contributed by atoms with Crippen molar-refractivity contribution >= 4 is 17.5 Å². The van der Waals surface area contributed by atoms with Gasteiger partial charge in [-0.05, 0) is 25.5 Å². The van der Waals surface area contributed by atoms with Crippen LogP contribution >= 0.6 is 11.6 Å². The first-order valence-corrected chi connectivity index (χ1v) is 6.62. The molecule has 5 heteroatoms. The normalized spacial score (nSPS) is 22.3. The van der Waals surface area contributed by atoms with Gasteiger partial charge in [-0.3, -0.25) is 4.79 Å². The number of ether oxygens (including phenoxy) is 2. The Morgan fingerprint density at radius 1 is 1.58 bits per heavy atom. The van der Waals surface area contributed by atoms with Crippen molar-refractivity contribution in [3.63, 3.8) is 0 Å². The second-order valence-electron chi connectivity index (χ2n) is 5.01.